The Morgan fingerprint density at radius 2 is 1.11 bits per heavy atom. The summed E-state index contributed by atoms with van der Waals surface area (Å²) in [6, 6.07) is 48.4. The molecule has 4 aromatic carbocycles. The highest BCUT2D eigenvalue weighted by molar-refractivity contribution is 5.50. The van der Waals surface area contributed by atoms with Crippen molar-refractivity contribution < 1.29 is 4.73 Å². The van der Waals surface area contributed by atoms with Gasteiger partial charge in [-0.1, -0.05) is 127 Å². The van der Waals surface area contributed by atoms with Gasteiger partial charge in [0.2, 0.25) is 0 Å². The van der Waals surface area contributed by atoms with Gasteiger partial charge in [-0.15, -0.1) is 0 Å². The van der Waals surface area contributed by atoms with E-state index in [0.29, 0.717) is 12.4 Å². The van der Waals surface area contributed by atoms with Gasteiger partial charge in [0.25, 0.3) is 5.82 Å². The van der Waals surface area contributed by atoms with Crippen LogP contribution in [0.25, 0.3) is 0 Å². The number of aromatic nitrogens is 1. The highest BCUT2D eigenvalue weighted by atomic mass is 16.5. The Morgan fingerprint density at radius 3 is 1.61 bits per heavy atom. The van der Waals surface area contributed by atoms with Crippen LogP contribution in [0.1, 0.15) is 34.7 Å². The second-order valence-electron chi connectivity index (χ2n) is 9.89. The Hall–Kier alpha value is -4.41. The van der Waals surface area contributed by atoms with Crippen molar-refractivity contribution in [1.29, 1.82) is 0 Å². The zero-order chi connectivity index (χ0) is 25.8. The molecule has 1 N–H and O–H groups in total. The predicted molar refractivity (Wildman–Crippen MR) is 153 cm³/mol. The number of hydrogen-bond donors (Lipinski definition) is 1. The van der Waals surface area contributed by atoms with Crippen LogP contribution < -0.4 is 14.9 Å². The van der Waals surface area contributed by atoms with Gasteiger partial charge >= 0.3 is 0 Å². The van der Waals surface area contributed by atoms with Gasteiger partial charge < -0.3 is 5.21 Å². The van der Waals surface area contributed by atoms with Crippen LogP contribution in [-0.2, 0) is 5.54 Å². The average molecular weight is 498 g/mol. The van der Waals surface area contributed by atoms with Crippen LogP contribution in [0.15, 0.2) is 146 Å². The zero-order valence-corrected chi connectivity index (χ0v) is 21.2. The summed E-state index contributed by atoms with van der Waals surface area (Å²) in [6.07, 6.45) is 2.45. The fraction of sp³-hybridized carbons (Fsp3) is 0.147. The Balaban J connectivity index is 1.47. The Bertz CT molecular complexity index is 1360. The largest absolute Gasteiger partial charge is 0.711 e. The number of rotatable bonds is 7. The summed E-state index contributed by atoms with van der Waals surface area (Å²) in [4.78, 5) is 2.26. The summed E-state index contributed by atoms with van der Waals surface area (Å²) in [5.74, 6) is 0.676. The molecule has 188 valence electrons. The minimum atomic E-state index is -0.560. The van der Waals surface area contributed by atoms with E-state index in [9.17, 15) is 5.21 Å². The zero-order valence-electron chi connectivity index (χ0n) is 21.2. The molecule has 1 aliphatic rings. The van der Waals surface area contributed by atoms with E-state index in [0.717, 1.165) is 11.2 Å². The first-order chi connectivity index (χ1) is 18.8. The Kier molecular flexibility index (Phi) is 6.63. The van der Waals surface area contributed by atoms with Crippen LogP contribution in [0.2, 0.25) is 0 Å². The molecule has 0 amide bonds. The van der Waals surface area contributed by atoms with E-state index >= 15 is 0 Å². The standard InChI is InChI=1S/C34H31N3O/c38-37-24-14-13-23-33(37)36-26-31(25-32(36)27-15-5-1-6-16-27)35-34(28-17-7-2-8-18-28,29-19-9-3-10-20-29)30-21-11-4-12-22-30/h1-24,31-32,35H,25-26H2. The Morgan fingerprint density at radius 1 is 0.632 bits per heavy atom. The minimum absolute atomic E-state index is 0.0799. The monoisotopic (exact) mass is 497 g/mol. The average Bonchev–Trinajstić information content (AvgIpc) is 3.41. The minimum Gasteiger partial charge on any atom is -0.711 e. The molecule has 2 heterocycles. The van der Waals surface area contributed by atoms with Crippen molar-refractivity contribution in [2.45, 2.75) is 24.0 Å². The highest BCUT2D eigenvalue weighted by Gasteiger charge is 2.45. The molecule has 4 nitrogen and oxygen atoms in total. The molecule has 1 fully saturated rings. The van der Waals surface area contributed by atoms with E-state index < -0.39 is 5.54 Å². The molecule has 0 spiro atoms. The fourth-order valence-electron chi connectivity index (χ4n) is 5.95. The molecule has 1 aromatic heterocycles. The van der Waals surface area contributed by atoms with Crippen molar-refractivity contribution in [3.63, 3.8) is 0 Å². The van der Waals surface area contributed by atoms with Crippen molar-refractivity contribution in [3.8, 4) is 0 Å². The first-order valence-electron chi connectivity index (χ1n) is 13.2. The fourth-order valence-corrected chi connectivity index (χ4v) is 5.95. The summed E-state index contributed by atoms with van der Waals surface area (Å²) in [5.41, 5.74) is 4.21. The third-order valence-corrected chi connectivity index (χ3v) is 7.62. The van der Waals surface area contributed by atoms with E-state index in [1.54, 1.807) is 12.3 Å². The van der Waals surface area contributed by atoms with Gasteiger partial charge in [0.05, 0.1) is 17.8 Å². The first-order valence-corrected chi connectivity index (χ1v) is 13.2. The highest BCUT2D eigenvalue weighted by Crippen LogP contribution is 2.41. The van der Waals surface area contributed by atoms with Crippen LogP contribution >= 0.6 is 0 Å². The molecule has 0 saturated carbocycles. The molecular formula is C34H31N3O. The van der Waals surface area contributed by atoms with Crippen LogP contribution in [0.3, 0.4) is 0 Å². The van der Waals surface area contributed by atoms with Crippen molar-refractivity contribution in [3.05, 3.63) is 173 Å². The van der Waals surface area contributed by atoms with Gasteiger partial charge in [-0.3, -0.25) is 10.2 Å². The van der Waals surface area contributed by atoms with Gasteiger partial charge in [-0.05, 0) is 28.3 Å². The summed E-state index contributed by atoms with van der Waals surface area (Å²) in [7, 11) is 0. The predicted octanol–water partition coefficient (Wildman–Crippen LogP) is 6.22. The van der Waals surface area contributed by atoms with Gasteiger partial charge in [-0.25, -0.2) is 4.73 Å². The lowest BCUT2D eigenvalue weighted by Crippen LogP contribution is -2.51. The molecule has 0 bridgehead atoms. The van der Waals surface area contributed by atoms with E-state index in [4.69, 9.17) is 0 Å². The van der Waals surface area contributed by atoms with Crippen molar-refractivity contribution >= 4 is 5.82 Å². The quantitative estimate of drug-likeness (QED) is 0.165. The molecule has 5 aromatic rings. The van der Waals surface area contributed by atoms with E-state index in [1.807, 2.05) is 18.2 Å². The topological polar surface area (TPSA) is 42.2 Å². The molecule has 2 unspecified atom stereocenters. The van der Waals surface area contributed by atoms with Gasteiger partial charge in [0, 0.05) is 12.5 Å². The molecule has 1 aliphatic heterocycles. The number of nitrogens with zero attached hydrogens (tertiary/aromatic N) is 2. The van der Waals surface area contributed by atoms with E-state index in [1.165, 1.54) is 22.3 Å². The second kappa shape index (κ2) is 10.5. The molecule has 2 atom stereocenters. The first kappa shape index (κ1) is 24.0. The third-order valence-electron chi connectivity index (χ3n) is 7.62. The van der Waals surface area contributed by atoms with Crippen molar-refractivity contribution in [2.75, 3.05) is 11.4 Å². The molecule has 4 heteroatoms. The Labute approximate surface area is 224 Å². The van der Waals surface area contributed by atoms with Crippen molar-refractivity contribution in [1.82, 2.24) is 5.32 Å². The second-order valence-corrected chi connectivity index (χ2v) is 9.89. The van der Waals surface area contributed by atoms with Crippen molar-refractivity contribution in [2.24, 2.45) is 0 Å². The molecule has 0 aliphatic carbocycles. The van der Waals surface area contributed by atoms with E-state index in [-0.39, 0.29) is 12.1 Å². The molecule has 0 radical (unpaired) electrons. The smallest absolute Gasteiger partial charge is 0.280 e. The molecular weight excluding hydrogens is 466 g/mol. The van der Waals surface area contributed by atoms with Crippen LogP contribution in [0, 0.1) is 5.21 Å². The summed E-state index contributed by atoms with van der Waals surface area (Å²) >= 11 is 0. The lowest BCUT2D eigenvalue weighted by molar-refractivity contribution is -0.592. The summed E-state index contributed by atoms with van der Waals surface area (Å²) < 4.78 is 0.983. The maximum atomic E-state index is 12.9. The third kappa shape index (κ3) is 4.44. The molecule has 6 rings (SSSR count). The van der Waals surface area contributed by atoms with Gasteiger partial charge in [0.15, 0.2) is 0 Å². The number of nitrogens with one attached hydrogen (secondary N) is 1. The molecule has 38 heavy (non-hydrogen) atoms. The van der Waals surface area contributed by atoms with Crippen LogP contribution in [0.4, 0.5) is 5.82 Å². The number of benzene rings is 4. The van der Waals surface area contributed by atoms with Crippen LogP contribution in [0.5, 0.6) is 0 Å². The lowest BCUT2D eigenvalue weighted by atomic mass is 9.76. The number of anilines is 1. The summed E-state index contributed by atoms with van der Waals surface area (Å²) in [6.45, 7) is 0.708. The number of pyridine rings is 1. The van der Waals surface area contributed by atoms with E-state index in [2.05, 4.69) is 125 Å². The summed E-state index contributed by atoms with van der Waals surface area (Å²) in [5, 5.41) is 17.0. The maximum absolute atomic E-state index is 12.9. The van der Waals surface area contributed by atoms with Gasteiger partial charge in [0.1, 0.15) is 12.6 Å². The number of hydrogen-bond acceptors (Lipinski definition) is 3. The lowest BCUT2D eigenvalue weighted by Gasteiger charge is -2.39. The maximum Gasteiger partial charge on any atom is 0.280 e. The molecule has 1 saturated heterocycles. The normalized spacial score (nSPS) is 17.4. The van der Waals surface area contributed by atoms with Crippen LogP contribution in [-0.4, -0.2) is 12.6 Å². The van der Waals surface area contributed by atoms with Gasteiger partial charge in [-0.2, -0.15) is 0 Å². The SMILES string of the molecule is [O-][n+]1ccccc1N1CC(NC(c2ccccc2)(c2ccccc2)c2ccccc2)CC1c1ccccc1.